The summed E-state index contributed by atoms with van der Waals surface area (Å²) in [6.45, 7) is 0. The van der Waals surface area contributed by atoms with E-state index in [-0.39, 0.29) is 17.0 Å². The maximum absolute atomic E-state index is 5.68. The molecule has 0 unspecified atom stereocenters. The average molecular weight is 366 g/mol. The normalized spacial score (nSPS) is 9.56. The van der Waals surface area contributed by atoms with Gasteiger partial charge in [-0.05, 0) is 0 Å². The van der Waals surface area contributed by atoms with Gasteiger partial charge in [-0.15, -0.1) is 0 Å². The van der Waals surface area contributed by atoms with Gasteiger partial charge in [0.2, 0.25) is 0 Å². The number of benzene rings is 1. The van der Waals surface area contributed by atoms with Crippen LogP contribution in [0.2, 0.25) is 5.02 Å². The molecular formula is C6H4ClITe. The van der Waals surface area contributed by atoms with Crippen LogP contribution >= 0.6 is 30.3 Å². The Morgan fingerprint density at radius 1 is 1.22 bits per heavy atom. The van der Waals surface area contributed by atoms with E-state index in [1.807, 2.05) is 12.1 Å². The molecule has 0 aromatic heterocycles. The minimum absolute atomic E-state index is 0.0547. The van der Waals surface area contributed by atoms with Gasteiger partial charge in [0, 0.05) is 0 Å². The van der Waals surface area contributed by atoms with E-state index >= 15 is 0 Å². The molecule has 0 heterocycles. The van der Waals surface area contributed by atoms with Gasteiger partial charge in [-0.1, -0.05) is 0 Å². The molecule has 0 fully saturated rings. The molecule has 0 amide bonds. The van der Waals surface area contributed by atoms with Gasteiger partial charge in [0.1, 0.15) is 0 Å². The molecule has 0 spiro atoms. The second-order valence-corrected chi connectivity index (χ2v) is 6.71. The van der Waals surface area contributed by atoms with Crippen molar-refractivity contribution in [3.63, 3.8) is 0 Å². The van der Waals surface area contributed by atoms with E-state index in [0.29, 0.717) is 0 Å². The summed E-state index contributed by atoms with van der Waals surface area (Å²) in [6, 6.07) is 8.08. The molecule has 0 N–H and O–H groups in total. The topological polar surface area (TPSA) is 0 Å². The van der Waals surface area contributed by atoms with Gasteiger partial charge in [-0.2, -0.15) is 0 Å². The Morgan fingerprint density at radius 2 is 1.78 bits per heavy atom. The van der Waals surface area contributed by atoms with Crippen molar-refractivity contribution < 1.29 is 0 Å². The quantitative estimate of drug-likeness (QED) is 0.527. The Bertz CT molecular complexity index is 185. The summed E-state index contributed by atoms with van der Waals surface area (Å²) >= 11 is 8.19. The summed E-state index contributed by atoms with van der Waals surface area (Å²) in [4.78, 5) is 0. The Kier molecular flexibility index (Phi) is 3.63. The standard InChI is InChI=1S/C6H4ClITe/c7-5-1-3-6(9-8)4-2-5/h1-4H. The van der Waals surface area contributed by atoms with E-state index in [9.17, 15) is 0 Å². The van der Waals surface area contributed by atoms with Gasteiger partial charge in [0.15, 0.2) is 0 Å². The number of rotatable bonds is 1. The second kappa shape index (κ2) is 4.02. The predicted molar refractivity (Wildman–Crippen MR) is 50.9 cm³/mol. The van der Waals surface area contributed by atoms with Crippen LogP contribution in [0.15, 0.2) is 24.3 Å². The second-order valence-electron chi connectivity index (χ2n) is 1.53. The molecule has 9 heavy (non-hydrogen) atoms. The Balaban J connectivity index is 2.88. The number of halogens is 2. The van der Waals surface area contributed by atoms with Gasteiger partial charge in [-0.25, -0.2) is 0 Å². The van der Waals surface area contributed by atoms with Crippen molar-refractivity contribution in [3.05, 3.63) is 29.3 Å². The monoisotopic (exact) mass is 368 g/mol. The molecule has 1 aromatic carbocycles. The van der Waals surface area contributed by atoms with E-state index in [2.05, 4.69) is 30.8 Å². The van der Waals surface area contributed by atoms with Crippen LogP contribution in [0.5, 0.6) is 0 Å². The molecule has 0 saturated heterocycles. The molecule has 0 atom stereocenters. The molecule has 0 nitrogen and oxygen atoms in total. The van der Waals surface area contributed by atoms with Crippen LogP contribution in [-0.2, 0) is 0 Å². The van der Waals surface area contributed by atoms with Crippen LogP contribution in [0.4, 0.5) is 0 Å². The van der Waals surface area contributed by atoms with Gasteiger partial charge >= 0.3 is 80.2 Å². The Labute approximate surface area is 79.3 Å². The zero-order chi connectivity index (χ0) is 6.69. The van der Waals surface area contributed by atoms with Crippen LogP contribution < -0.4 is 3.61 Å². The van der Waals surface area contributed by atoms with Gasteiger partial charge in [0.25, 0.3) is 0 Å². The predicted octanol–water partition coefficient (Wildman–Crippen LogP) is 2.02. The summed E-state index contributed by atoms with van der Waals surface area (Å²) in [7, 11) is 0. The van der Waals surface area contributed by atoms with Crippen molar-refractivity contribution in [1.82, 2.24) is 0 Å². The fourth-order valence-electron chi connectivity index (χ4n) is 0.486. The average Bonchev–Trinajstić information content (AvgIpc) is 1.90. The molecule has 0 bridgehead atoms. The van der Waals surface area contributed by atoms with Crippen molar-refractivity contribution in [2.45, 2.75) is 0 Å². The molecule has 3 heteroatoms. The Morgan fingerprint density at radius 3 is 2.22 bits per heavy atom. The Hall–Kier alpha value is 1.03. The van der Waals surface area contributed by atoms with Crippen molar-refractivity contribution in [3.8, 4) is 0 Å². The molecule has 48 valence electrons. The van der Waals surface area contributed by atoms with E-state index in [4.69, 9.17) is 11.6 Å². The zero-order valence-electron chi connectivity index (χ0n) is 4.47. The molecule has 1 aromatic rings. The van der Waals surface area contributed by atoms with Crippen LogP contribution in [-0.4, -0.2) is 17.0 Å². The first-order valence-corrected chi connectivity index (χ1v) is 10.7. The van der Waals surface area contributed by atoms with Crippen molar-refractivity contribution in [2.75, 3.05) is 0 Å². The first-order valence-electron chi connectivity index (χ1n) is 2.37. The third-order valence-corrected chi connectivity index (χ3v) is 5.85. The minimum atomic E-state index is 0.0547. The molecule has 1 rings (SSSR count). The van der Waals surface area contributed by atoms with Crippen LogP contribution in [0.25, 0.3) is 0 Å². The zero-order valence-corrected chi connectivity index (χ0v) is 9.72. The van der Waals surface area contributed by atoms with Crippen molar-refractivity contribution in [2.24, 2.45) is 0 Å². The molecule has 0 aliphatic carbocycles. The van der Waals surface area contributed by atoms with Gasteiger partial charge < -0.3 is 0 Å². The van der Waals surface area contributed by atoms with Crippen molar-refractivity contribution >= 4 is 50.9 Å². The third kappa shape index (κ3) is 2.63. The summed E-state index contributed by atoms with van der Waals surface area (Å²) in [6.07, 6.45) is 0. The van der Waals surface area contributed by atoms with E-state index in [0.717, 1.165) is 5.02 Å². The van der Waals surface area contributed by atoms with Gasteiger partial charge in [0.05, 0.1) is 0 Å². The molecule has 0 aliphatic heterocycles. The fraction of sp³-hybridized carbons (Fsp3) is 0. The molecule has 0 radical (unpaired) electrons. The van der Waals surface area contributed by atoms with E-state index < -0.39 is 0 Å². The number of hydrogen-bond donors (Lipinski definition) is 0. The van der Waals surface area contributed by atoms with Crippen molar-refractivity contribution in [1.29, 1.82) is 0 Å². The maximum atomic E-state index is 5.68. The molecular weight excluding hydrogens is 362 g/mol. The first kappa shape index (κ1) is 8.13. The summed E-state index contributed by atoms with van der Waals surface area (Å²) in [5, 5.41) is 0.830. The molecule has 0 saturated carbocycles. The fourth-order valence-corrected chi connectivity index (χ4v) is 3.26. The van der Waals surface area contributed by atoms with Crippen LogP contribution in [0.3, 0.4) is 0 Å². The number of hydrogen-bond acceptors (Lipinski definition) is 0. The van der Waals surface area contributed by atoms with E-state index in [1.54, 1.807) is 0 Å². The third-order valence-electron chi connectivity index (χ3n) is 0.903. The summed E-state index contributed by atoms with van der Waals surface area (Å²) in [5.41, 5.74) is 0. The summed E-state index contributed by atoms with van der Waals surface area (Å²) < 4.78 is 1.45. The van der Waals surface area contributed by atoms with E-state index in [1.165, 1.54) is 3.61 Å². The van der Waals surface area contributed by atoms with Crippen LogP contribution in [0.1, 0.15) is 0 Å². The first-order chi connectivity index (χ1) is 4.33. The van der Waals surface area contributed by atoms with Gasteiger partial charge in [-0.3, -0.25) is 0 Å². The summed E-state index contributed by atoms with van der Waals surface area (Å²) in [5.74, 6) is 0. The molecule has 0 aliphatic rings. The SMILES string of the molecule is Clc1ccc([Te]I)cc1. The van der Waals surface area contributed by atoms with Crippen LogP contribution in [0, 0.1) is 0 Å².